The van der Waals surface area contributed by atoms with Crippen molar-refractivity contribution >= 4 is 11.6 Å². The zero-order chi connectivity index (χ0) is 17.5. The number of nitrogens with zero attached hydrogens (tertiary/aromatic N) is 1. The Bertz CT molecular complexity index is 673. The van der Waals surface area contributed by atoms with Gasteiger partial charge in [-0.15, -0.1) is 0 Å². The Kier molecular flexibility index (Phi) is 6.50. The summed E-state index contributed by atoms with van der Waals surface area (Å²) in [6.07, 6.45) is 4.47. The number of pyridine rings is 1. The van der Waals surface area contributed by atoms with E-state index >= 15 is 0 Å². The van der Waals surface area contributed by atoms with Crippen LogP contribution in [-0.4, -0.2) is 31.3 Å². The Morgan fingerprint density at radius 1 is 1.24 bits per heavy atom. The van der Waals surface area contributed by atoms with E-state index in [1.165, 1.54) is 18.4 Å². The number of halogens is 1. The van der Waals surface area contributed by atoms with Crippen LogP contribution in [0.3, 0.4) is 0 Å². The first-order chi connectivity index (χ1) is 12.2. The Balaban J connectivity index is 1.54. The number of aromatic nitrogens is 1. The minimum Gasteiger partial charge on any atom is -0.493 e. The largest absolute Gasteiger partial charge is 0.493 e. The van der Waals surface area contributed by atoms with Gasteiger partial charge >= 0.3 is 0 Å². The number of nitrogens with two attached hydrogens (primary N) is 1. The molecule has 0 spiro atoms. The van der Waals surface area contributed by atoms with Gasteiger partial charge in [0.05, 0.1) is 7.11 Å². The lowest BCUT2D eigenvalue weighted by molar-refractivity contribution is -0.676. The van der Waals surface area contributed by atoms with Crippen molar-refractivity contribution in [3.8, 4) is 11.5 Å². The van der Waals surface area contributed by atoms with Crippen LogP contribution in [-0.2, 0) is 17.9 Å². The minimum atomic E-state index is 0.400. The molecule has 2 heterocycles. The fourth-order valence-electron chi connectivity index (χ4n) is 2.88. The number of hydrogen-bond donors (Lipinski definition) is 1. The van der Waals surface area contributed by atoms with Crippen LogP contribution in [0.25, 0.3) is 0 Å². The van der Waals surface area contributed by atoms with Crippen LogP contribution >= 0.6 is 11.6 Å². The average Bonchev–Trinajstić information content (AvgIpc) is 3.15. The number of methoxy groups -OCH3 is 1. The molecule has 0 radical (unpaired) electrons. The van der Waals surface area contributed by atoms with E-state index in [0.717, 1.165) is 36.8 Å². The van der Waals surface area contributed by atoms with Gasteiger partial charge in [-0.25, -0.2) is 4.98 Å². The van der Waals surface area contributed by atoms with Crippen LogP contribution < -0.4 is 14.8 Å². The fraction of sp³-hybridized carbons (Fsp3) is 0.421. The standard InChI is InChI=1S/C19H23ClN2O3/c1-23-18-9-14(10-21-12-16-3-2-8-24-16)4-6-17(18)25-13-15-5-7-19(20)22-11-15/h4-7,9,11,16,21H,2-3,8,10,12-13H2,1H3/p+1/t16-/m1/s1. The highest BCUT2D eigenvalue weighted by molar-refractivity contribution is 6.29. The van der Waals surface area contributed by atoms with E-state index in [0.29, 0.717) is 17.9 Å². The van der Waals surface area contributed by atoms with Crippen LogP contribution in [0.2, 0.25) is 5.15 Å². The van der Waals surface area contributed by atoms with E-state index in [1.54, 1.807) is 19.4 Å². The van der Waals surface area contributed by atoms with Crippen molar-refractivity contribution in [3.63, 3.8) is 0 Å². The summed E-state index contributed by atoms with van der Waals surface area (Å²) >= 11 is 5.79. The summed E-state index contributed by atoms with van der Waals surface area (Å²) < 4.78 is 17.0. The Morgan fingerprint density at radius 3 is 2.84 bits per heavy atom. The third kappa shape index (κ3) is 5.33. The van der Waals surface area contributed by atoms with Crippen molar-refractivity contribution in [1.82, 2.24) is 4.98 Å². The average molecular weight is 364 g/mol. The van der Waals surface area contributed by atoms with Crippen LogP contribution in [0, 0.1) is 0 Å². The van der Waals surface area contributed by atoms with Gasteiger partial charge in [-0.3, -0.25) is 0 Å². The molecule has 5 nitrogen and oxygen atoms in total. The first-order valence-corrected chi connectivity index (χ1v) is 8.96. The third-order valence-corrected chi connectivity index (χ3v) is 4.47. The van der Waals surface area contributed by atoms with Crippen molar-refractivity contribution < 1.29 is 19.5 Å². The molecule has 1 atom stereocenters. The van der Waals surface area contributed by atoms with E-state index in [9.17, 15) is 0 Å². The Labute approximate surface area is 153 Å². The predicted molar refractivity (Wildman–Crippen MR) is 96.0 cm³/mol. The van der Waals surface area contributed by atoms with Crippen LogP contribution in [0.5, 0.6) is 11.5 Å². The molecule has 1 saturated heterocycles. The van der Waals surface area contributed by atoms with Crippen LogP contribution in [0.1, 0.15) is 24.0 Å². The summed E-state index contributed by atoms with van der Waals surface area (Å²) in [6, 6.07) is 9.71. The number of hydrogen-bond acceptors (Lipinski definition) is 4. The van der Waals surface area contributed by atoms with Crippen molar-refractivity contribution in [3.05, 3.63) is 52.8 Å². The normalized spacial score (nSPS) is 16.8. The Morgan fingerprint density at radius 2 is 2.12 bits per heavy atom. The van der Waals surface area contributed by atoms with E-state index < -0.39 is 0 Å². The second kappa shape index (κ2) is 9.04. The molecule has 1 aliphatic heterocycles. The van der Waals surface area contributed by atoms with Gasteiger partial charge in [0.2, 0.25) is 0 Å². The van der Waals surface area contributed by atoms with Crippen molar-refractivity contribution in [1.29, 1.82) is 0 Å². The lowest BCUT2D eigenvalue weighted by atomic mass is 10.2. The summed E-state index contributed by atoms with van der Waals surface area (Å²) in [5, 5.41) is 2.76. The zero-order valence-electron chi connectivity index (χ0n) is 14.4. The highest BCUT2D eigenvalue weighted by Gasteiger charge is 2.17. The van der Waals surface area contributed by atoms with Crippen molar-refractivity contribution in [2.24, 2.45) is 0 Å². The van der Waals surface area contributed by atoms with Gasteiger partial charge in [0.15, 0.2) is 11.5 Å². The molecule has 3 rings (SSSR count). The molecule has 1 aromatic heterocycles. The number of ether oxygens (including phenoxy) is 3. The quantitative estimate of drug-likeness (QED) is 0.732. The van der Waals surface area contributed by atoms with Crippen molar-refractivity contribution in [2.45, 2.75) is 32.1 Å². The van der Waals surface area contributed by atoms with Crippen LogP contribution in [0.15, 0.2) is 36.5 Å². The van der Waals surface area contributed by atoms with Gasteiger partial charge in [0.1, 0.15) is 31.0 Å². The molecule has 0 saturated carbocycles. The molecule has 25 heavy (non-hydrogen) atoms. The lowest BCUT2D eigenvalue weighted by Gasteiger charge is -2.12. The fourth-order valence-corrected chi connectivity index (χ4v) is 2.99. The number of benzene rings is 1. The van der Waals surface area contributed by atoms with E-state index in [1.807, 2.05) is 18.2 Å². The zero-order valence-corrected chi connectivity index (χ0v) is 15.2. The maximum Gasteiger partial charge on any atom is 0.161 e. The van der Waals surface area contributed by atoms with Crippen molar-refractivity contribution in [2.75, 3.05) is 20.3 Å². The Hall–Kier alpha value is -1.82. The topological polar surface area (TPSA) is 57.2 Å². The molecule has 0 amide bonds. The van der Waals surface area contributed by atoms with Gasteiger partial charge in [-0.05, 0) is 37.1 Å². The summed E-state index contributed by atoms with van der Waals surface area (Å²) in [7, 11) is 1.66. The SMILES string of the molecule is COc1cc(C[NH2+]C[C@H]2CCCO2)ccc1OCc1ccc(Cl)nc1. The maximum absolute atomic E-state index is 5.86. The second-order valence-electron chi connectivity index (χ2n) is 6.13. The molecular weight excluding hydrogens is 340 g/mol. The van der Waals surface area contributed by atoms with E-state index in [2.05, 4.69) is 16.4 Å². The van der Waals surface area contributed by atoms with E-state index in [4.69, 9.17) is 25.8 Å². The maximum atomic E-state index is 5.86. The molecule has 134 valence electrons. The highest BCUT2D eigenvalue weighted by atomic mass is 35.5. The second-order valence-corrected chi connectivity index (χ2v) is 6.51. The van der Waals surface area contributed by atoms with Gasteiger partial charge in [0, 0.05) is 23.9 Å². The van der Waals surface area contributed by atoms with Crippen LogP contribution in [0.4, 0.5) is 0 Å². The third-order valence-electron chi connectivity index (χ3n) is 4.24. The molecule has 6 heteroatoms. The molecule has 2 aromatic rings. The van der Waals surface area contributed by atoms with Gasteiger partial charge < -0.3 is 19.5 Å². The van der Waals surface area contributed by atoms with Gasteiger partial charge in [0.25, 0.3) is 0 Å². The summed E-state index contributed by atoms with van der Waals surface area (Å²) in [5.74, 6) is 1.46. The number of rotatable bonds is 8. The molecule has 0 aliphatic carbocycles. The summed E-state index contributed by atoms with van der Waals surface area (Å²) in [4.78, 5) is 4.05. The first-order valence-electron chi connectivity index (χ1n) is 8.58. The smallest absolute Gasteiger partial charge is 0.161 e. The molecular formula is C19H24ClN2O3+. The molecule has 1 aromatic carbocycles. The number of quaternary nitrogens is 1. The molecule has 1 fully saturated rings. The van der Waals surface area contributed by atoms with E-state index in [-0.39, 0.29) is 0 Å². The minimum absolute atomic E-state index is 0.400. The van der Waals surface area contributed by atoms with Gasteiger partial charge in [-0.1, -0.05) is 17.7 Å². The lowest BCUT2D eigenvalue weighted by Crippen LogP contribution is -2.84. The molecule has 2 N–H and O–H groups in total. The monoisotopic (exact) mass is 363 g/mol. The predicted octanol–water partition coefficient (Wildman–Crippen LogP) is 2.57. The first kappa shape index (κ1) is 18.0. The summed E-state index contributed by atoms with van der Waals surface area (Å²) in [6.45, 7) is 3.23. The summed E-state index contributed by atoms with van der Waals surface area (Å²) in [5.41, 5.74) is 2.16. The molecule has 0 bridgehead atoms. The highest BCUT2D eigenvalue weighted by Crippen LogP contribution is 2.28. The molecule has 1 aliphatic rings. The molecule has 0 unspecified atom stereocenters. The van der Waals surface area contributed by atoms with Gasteiger partial charge in [-0.2, -0.15) is 0 Å².